The van der Waals surface area contributed by atoms with E-state index in [1.165, 1.54) is 56.6 Å². The fourth-order valence-electron chi connectivity index (χ4n) is 2.66. The summed E-state index contributed by atoms with van der Waals surface area (Å²) in [6.45, 7) is 6.66. The molecule has 0 atom stereocenters. The van der Waals surface area contributed by atoms with Gasteiger partial charge in [0.2, 0.25) is 0 Å². The number of anilines is 1. The Morgan fingerprint density at radius 1 is 1.20 bits per heavy atom. The summed E-state index contributed by atoms with van der Waals surface area (Å²) in [7, 11) is 0. The molecular formula is C17H27N3. The van der Waals surface area contributed by atoms with Crippen LogP contribution < -0.4 is 10.2 Å². The third kappa shape index (κ3) is 4.20. The van der Waals surface area contributed by atoms with Gasteiger partial charge < -0.3 is 10.2 Å². The highest BCUT2D eigenvalue weighted by molar-refractivity contribution is 5.47. The van der Waals surface area contributed by atoms with Gasteiger partial charge in [-0.2, -0.15) is 0 Å². The van der Waals surface area contributed by atoms with Crippen molar-refractivity contribution in [2.24, 2.45) is 11.8 Å². The average molecular weight is 273 g/mol. The van der Waals surface area contributed by atoms with Gasteiger partial charge in [-0.25, -0.2) is 0 Å². The van der Waals surface area contributed by atoms with E-state index >= 15 is 0 Å². The lowest BCUT2D eigenvalue weighted by Crippen LogP contribution is -2.28. The van der Waals surface area contributed by atoms with Gasteiger partial charge in [0, 0.05) is 31.5 Å². The molecule has 0 aliphatic heterocycles. The predicted octanol–water partition coefficient (Wildman–Crippen LogP) is 3.21. The Bertz CT molecular complexity index is 410. The second-order valence-electron chi connectivity index (χ2n) is 6.47. The summed E-state index contributed by atoms with van der Waals surface area (Å²) in [5, 5.41) is 3.44. The summed E-state index contributed by atoms with van der Waals surface area (Å²) < 4.78 is 0. The van der Waals surface area contributed by atoms with E-state index in [1.54, 1.807) is 0 Å². The third-order valence-corrected chi connectivity index (χ3v) is 4.25. The van der Waals surface area contributed by atoms with E-state index in [4.69, 9.17) is 0 Å². The molecule has 110 valence electrons. The molecule has 1 aromatic heterocycles. The molecule has 1 heterocycles. The fourth-order valence-corrected chi connectivity index (χ4v) is 2.66. The molecule has 3 rings (SSSR count). The Kier molecular flexibility index (Phi) is 4.56. The summed E-state index contributed by atoms with van der Waals surface area (Å²) >= 11 is 0. The second kappa shape index (κ2) is 6.57. The van der Waals surface area contributed by atoms with Gasteiger partial charge in [-0.15, -0.1) is 0 Å². The van der Waals surface area contributed by atoms with E-state index in [2.05, 4.69) is 34.3 Å². The quantitative estimate of drug-likeness (QED) is 0.700. The molecular weight excluding hydrogens is 246 g/mol. The lowest BCUT2D eigenvalue weighted by molar-refractivity contribution is 0.659. The van der Waals surface area contributed by atoms with Crippen LogP contribution >= 0.6 is 0 Å². The molecule has 0 unspecified atom stereocenters. The number of rotatable bonds is 9. The van der Waals surface area contributed by atoms with Crippen LogP contribution in [0.4, 0.5) is 5.69 Å². The molecule has 2 fully saturated rings. The van der Waals surface area contributed by atoms with E-state index in [0.29, 0.717) is 0 Å². The summed E-state index contributed by atoms with van der Waals surface area (Å²) in [5.74, 6) is 1.90. The lowest BCUT2D eigenvalue weighted by atomic mass is 10.2. The highest BCUT2D eigenvalue weighted by Crippen LogP contribution is 2.35. The van der Waals surface area contributed by atoms with Crippen molar-refractivity contribution >= 4 is 5.69 Å². The molecule has 20 heavy (non-hydrogen) atoms. The fraction of sp³-hybridized carbons (Fsp3) is 0.706. The first-order valence-corrected chi connectivity index (χ1v) is 8.25. The molecule has 2 aliphatic rings. The number of aromatic nitrogens is 1. The van der Waals surface area contributed by atoms with Crippen molar-refractivity contribution in [1.82, 2.24) is 10.3 Å². The minimum atomic E-state index is 0.891. The lowest BCUT2D eigenvalue weighted by Gasteiger charge is -2.25. The summed E-state index contributed by atoms with van der Waals surface area (Å²) in [4.78, 5) is 7.11. The van der Waals surface area contributed by atoms with Gasteiger partial charge in [0.25, 0.3) is 0 Å². The zero-order valence-electron chi connectivity index (χ0n) is 12.6. The topological polar surface area (TPSA) is 28.2 Å². The van der Waals surface area contributed by atoms with Crippen molar-refractivity contribution in [3.63, 3.8) is 0 Å². The number of hydrogen-bond donors (Lipinski definition) is 1. The largest absolute Gasteiger partial charge is 0.371 e. The Hall–Kier alpha value is -1.09. The van der Waals surface area contributed by atoms with Gasteiger partial charge in [0.1, 0.15) is 0 Å². The number of nitrogens with zero attached hydrogens (tertiary/aromatic N) is 2. The van der Waals surface area contributed by atoms with Crippen LogP contribution in [0.15, 0.2) is 18.3 Å². The molecule has 3 heteroatoms. The van der Waals surface area contributed by atoms with Gasteiger partial charge in [-0.05, 0) is 62.6 Å². The van der Waals surface area contributed by atoms with Crippen molar-refractivity contribution < 1.29 is 0 Å². The van der Waals surface area contributed by atoms with Crippen LogP contribution in [0.25, 0.3) is 0 Å². The number of hydrogen-bond acceptors (Lipinski definition) is 3. The molecule has 1 aromatic rings. The molecule has 0 amide bonds. The van der Waals surface area contributed by atoms with E-state index in [-0.39, 0.29) is 0 Å². The minimum absolute atomic E-state index is 0.891. The average Bonchev–Trinajstić information content (AvgIpc) is 3.34. The third-order valence-electron chi connectivity index (χ3n) is 4.25. The Morgan fingerprint density at radius 2 is 1.90 bits per heavy atom. The van der Waals surface area contributed by atoms with Crippen LogP contribution in [0.2, 0.25) is 0 Å². The molecule has 3 nitrogen and oxygen atoms in total. The van der Waals surface area contributed by atoms with Gasteiger partial charge in [0.05, 0.1) is 5.69 Å². The second-order valence-corrected chi connectivity index (χ2v) is 6.47. The summed E-state index contributed by atoms with van der Waals surface area (Å²) in [6.07, 6.45) is 8.86. The van der Waals surface area contributed by atoms with Gasteiger partial charge >= 0.3 is 0 Å². The Labute approximate surface area is 122 Å². The van der Waals surface area contributed by atoms with E-state index in [9.17, 15) is 0 Å². The number of pyridine rings is 1. The predicted molar refractivity (Wildman–Crippen MR) is 83.9 cm³/mol. The van der Waals surface area contributed by atoms with Crippen molar-refractivity contribution in [2.45, 2.75) is 45.6 Å². The van der Waals surface area contributed by atoms with Crippen molar-refractivity contribution in [3.8, 4) is 0 Å². The van der Waals surface area contributed by atoms with Gasteiger partial charge in [-0.3, -0.25) is 4.98 Å². The normalized spacial score (nSPS) is 18.2. The monoisotopic (exact) mass is 273 g/mol. The van der Waals surface area contributed by atoms with E-state index < -0.39 is 0 Å². The minimum Gasteiger partial charge on any atom is -0.371 e. The van der Waals surface area contributed by atoms with Crippen molar-refractivity contribution in [2.75, 3.05) is 24.5 Å². The van der Waals surface area contributed by atoms with Crippen molar-refractivity contribution in [1.29, 1.82) is 0 Å². The maximum Gasteiger partial charge on any atom is 0.0562 e. The van der Waals surface area contributed by atoms with Crippen LogP contribution in [0.5, 0.6) is 0 Å². The van der Waals surface area contributed by atoms with Crippen molar-refractivity contribution in [3.05, 3.63) is 24.0 Å². The first-order valence-electron chi connectivity index (χ1n) is 8.25. The molecule has 0 aromatic carbocycles. The molecule has 2 aliphatic carbocycles. The highest BCUT2D eigenvalue weighted by atomic mass is 15.1. The first kappa shape index (κ1) is 13.9. The summed E-state index contributed by atoms with van der Waals surface area (Å²) in [5.41, 5.74) is 2.56. The molecule has 0 radical (unpaired) electrons. The van der Waals surface area contributed by atoms with Crippen LogP contribution in [0.3, 0.4) is 0 Å². The number of nitrogens with one attached hydrogen (secondary N) is 1. The maximum atomic E-state index is 4.49. The molecule has 0 spiro atoms. The zero-order valence-corrected chi connectivity index (χ0v) is 12.6. The van der Waals surface area contributed by atoms with Gasteiger partial charge in [-0.1, -0.05) is 6.92 Å². The molecule has 0 saturated heterocycles. The molecule has 2 saturated carbocycles. The summed E-state index contributed by atoms with van der Waals surface area (Å²) in [6, 6.07) is 4.47. The van der Waals surface area contributed by atoms with Crippen LogP contribution in [-0.2, 0) is 6.54 Å². The van der Waals surface area contributed by atoms with Crippen LogP contribution in [0.1, 0.15) is 44.7 Å². The SMILES string of the molecule is CCCNCc1cc(N(CC2CC2)CC2CC2)ccn1. The highest BCUT2D eigenvalue weighted by Gasteiger charge is 2.29. The van der Waals surface area contributed by atoms with Crippen LogP contribution in [0, 0.1) is 11.8 Å². The maximum absolute atomic E-state index is 4.49. The molecule has 0 bridgehead atoms. The standard InChI is InChI=1S/C17H27N3/c1-2-8-18-11-16-10-17(7-9-19-16)20(12-14-3-4-14)13-15-5-6-15/h7,9-10,14-15,18H,2-6,8,11-13H2,1H3. The van der Waals surface area contributed by atoms with E-state index in [1.807, 2.05) is 6.20 Å². The van der Waals surface area contributed by atoms with E-state index in [0.717, 1.165) is 24.9 Å². The van der Waals surface area contributed by atoms with Gasteiger partial charge in [0.15, 0.2) is 0 Å². The smallest absolute Gasteiger partial charge is 0.0562 e. The Balaban J connectivity index is 1.63. The zero-order chi connectivity index (χ0) is 13.8. The Morgan fingerprint density at radius 3 is 2.50 bits per heavy atom. The molecule has 1 N–H and O–H groups in total. The van der Waals surface area contributed by atoms with Crippen LogP contribution in [-0.4, -0.2) is 24.6 Å². The first-order chi connectivity index (χ1) is 9.85.